The highest BCUT2D eigenvalue weighted by Crippen LogP contribution is 2.16. The minimum Gasteiger partial charge on any atom is -0.330 e. The molecule has 1 aromatic heterocycles. The molecule has 0 N–H and O–H groups in total. The Morgan fingerprint density at radius 2 is 1.84 bits per heavy atom. The van der Waals surface area contributed by atoms with Gasteiger partial charge in [-0.3, -0.25) is 19.5 Å². The van der Waals surface area contributed by atoms with Crippen LogP contribution in [-0.2, 0) is 16.1 Å². The maximum Gasteiger partial charge on any atom is 0.246 e. The highest BCUT2D eigenvalue weighted by Gasteiger charge is 2.28. The van der Waals surface area contributed by atoms with Crippen molar-refractivity contribution in [2.75, 3.05) is 38.1 Å². The lowest BCUT2D eigenvalue weighted by atomic mass is 10.2. The Kier molecular flexibility index (Phi) is 5.40. The molecule has 0 aliphatic carbocycles. The summed E-state index contributed by atoms with van der Waals surface area (Å²) in [6.45, 7) is 2.19. The molecule has 3 rings (SSSR count). The summed E-state index contributed by atoms with van der Waals surface area (Å²) in [7, 11) is 1.90. The molecule has 6 heteroatoms. The van der Waals surface area contributed by atoms with E-state index in [1.807, 2.05) is 54.4 Å². The fourth-order valence-corrected chi connectivity index (χ4v) is 2.95. The molecule has 0 unspecified atom stereocenters. The number of pyridine rings is 1. The van der Waals surface area contributed by atoms with Crippen molar-refractivity contribution < 1.29 is 9.59 Å². The van der Waals surface area contributed by atoms with E-state index in [1.54, 1.807) is 22.2 Å². The molecular weight excluding hydrogens is 316 g/mol. The number of rotatable bonds is 5. The lowest BCUT2D eigenvalue weighted by Gasteiger charge is -2.35. The number of anilines is 1. The summed E-state index contributed by atoms with van der Waals surface area (Å²) < 4.78 is 0. The van der Waals surface area contributed by atoms with Crippen LogP contribution in [0.5, 0.6) is 0 Å². The minimum absolute atomic E-state index is 0.0161. The number of para-hydroxylation sites is 1. The van der Waals surface area contributed by atoms with Crippen molar-refractivity contribution in [3.8, 4) is 0 Å². The van der Waals surface area contributed by atoms with Gasteiger partial charge >= 0.3 is 0 Å². The van der Waals surface area contributed by atoms with Crippen LogP contribution in [0.1, 0.15) is 5.56 Å². The van der Waals surface area contributed by atoms with Crippen LogP contribution in [0.25, 0.3) is 0 Å². The smallest absolute Gasteiger partial charge is 0.246 e. The van der Waals surface area contributed by atoms with Crippen LogP contribution in [-0.4, -0.2) is 59.8 Å². The normalized spacial score (nSPS) is 14.9. The van der Waals surface area contributed by atoms with Gasteiger partial charge in [-0.1, -0.05) is 18.2 Å². The van der Waals surface area contributed by atoms with Crippen LogP contribution in [0.2, 0.25) is 0 Å². The predicted molar refractivity (Wildman–Crippen MR) is 95.9 cm³/mol. The van der Waals surface area contributed by atoms with Crippen molar-refractivity contribution in [1.29, 1.82) is 0 Å². The van der Waals surface area contributed by atoms with Gasteiger partial charge in [-0.15, -0.1) is 0 Å². The van der Waals surface area contributed by atoms with Crippen LogP contribution in [0, 0.1) is 0 Å². The molecule has 1 saturated heterocycles. The van der Waals surface area contributed by atoms with E-state index in [-0.39, 0.29) is 18.4 Å². The second kappa shape index (κ2) is 7.90. The topological polar surface area (TPSA) is 56.8 Å². The van der Waals surface area contributed by atoms with Crippen LogP contribution in [0.3, 0.4) is 0 Å². The van der Waals surface area contributed by atoms with E-state index in [2.05, 4.69) is 4.98 Å². The predicted octanol–water partition coefficient (Wildman–Crippen LogP) is 1.39. The number of benzene rings is 1. The third-order valence-electron chi connectivity index (χ3n) is 4.25. The summed E-state index contributed by atoms with van der Waals surface area (Å²) in [5.74, 6) is -0.0554. The van der Waals surface area contributed by atoms with Gasteiger partial charge in [0.2, 0.25) is 11.8 Å². The van der Waals surface area contributed by atoms with Crippen LogP contribution < -0.4 is 4.90 Å². The van der Waals surface area contributed by atoms with Gasteiger partial charge in [0.05, 0.1) is 6.54 Å². The van der Waals surface area contributed by atoms with Gasteiger partial charge in [0.1, 0.15) is 6.54 Å². The summed E-state index contributed by atoms with van der Waals surface area (Å²) in [6.07, 6.45) is 3.49. The lowest BCUT2D eigenvalue weighted by Crippen LogP contribution is -2.54. The number of carbonyl (C=O) groups is 2. The van der Waals surface area contributed by atoms with Crippen molar-refractivity contribution in [1.82, 2.24) is 14.8 Å². The first-order valence-electron chi connectivity index (χ1n) is 8.34. The van der Waals surface area contributed by atoms with E-state index in [1.165, 1.54) is 0 Å². The number of hydrogen-bond donors (Lipinski definition) is 0. The van der Waals surface area contributed by atoms with E-state index < -0.39 is 0 Å². The van der Waals surface area contributed by atoms with Crippen molar-refractivity contribution in [2.45, 2.75) is 6.54 Å². The summed E-state index contributed by atoms with van der Waals surface area (Å²) in [6, 6.07) is 13.4. The lowest BCUT2D eigenvalue weighted by molar-refractivity contribution is -0.137. The number of likely N-dealkylation sites (N-methyl/N-ethyl adjacent to an activating group) is 1. The summed E-state index contributed by atoms with van der Waals surface area (Å²) in [5.41, 5.74) is 1.99. The van der Waals surface area contributed by atoms with Crippen LogP contribution >= 0.6 is 0 Å². The van der Waals surface area contributed by atoms with Gasteiger partial charge in [0, 0.05) is 37.7 Å². The van der Waals surface area contributed by atoms with E-state index >= 15 is 0 Å². The molecule has 2 amide bonds. The zero-order valence-electron chi connectivity index (χ0n) is 14.3. The van der Waals surface area contributed by atoms with E-state index in [4.69, 9.17) is 0 Å². The third-order valence-corrected chi connectivity index (χ3v) is 4.25. The average molecular weight is 338 g/mol. The summed E-state index contributed by atoms with van der Waals surface area (Å²) in [5, 5.41) is 0. The molecule has 130 valence electrons. The van der Waals surface area contributed by atoms with E-state index in [9.17, 15) is 9.59 Å². The molecule has 0 atom stereocenters. The van der Waals surface area contributed by atoms with Crippen molar-refractivity contribution in [3.63, 3.8) is 0 Å². The maximum absolute atomic E-state index is 12.5. The highest BCUT2D eigenvalue weighted by molar-refractivity contribution is 5.98. The fourth-order valence-electron chi connectivity index (χ4n) is 2.95. The van der Waals surface area contributed by atoms with E-state index in [0.717, 1.165) is 11.3 Å². The van der Waals surface area contributed by atoms with Gasteiger partial charge < -0.3 is 9.80 Å². The van der Waals surface area contributed by atoms with Gasteiger partial charge in [0.15, 0.2) is 0 Å². The first-order valence-corrected chi connectivity index (χ1v) is 8.34. The van der Waals surface area contributed by atoms with Gasteiger partial charge in [-0.2, -0.15) is 0 Å². The molecule has 1 aliphatic rings. The quantitative estimate of drug-likeness (QED) is 0.827. The monoisotopic (exact) mass is 338 g/mol. The number of carbonyl (C=O) groups excluding carboxylic acids is 2. The molecule has 0 saturated carbocycles. The number of nitrogens with zero attached hydrogens (tertiary/aromatic N) is 4. The molecule has 1 aliphatic heterocycles. The number of piperazine rings is 1. The molecular formula is C19H22N4O2. The van der Waals surface area contributed by atoms with Gasteiger partial charge in [-0.05, 0) is 36.9 Å². The standard InChI is InChI=1S/C19H22N4O2/c1-21(13-16-7-9-20-10-8-16)14-18(24)22-11-12-23(19(25)15-22)17-5-3-2-4-6-17/h2-10H,11-15H2,1H3. The molecule has 25 heavy (non-hydrogen) atoms. The fraction of sp³-hybridized carbons (Fsp3) is 0.316. The second-order valence-corrected chi connectivity index (χ2v) is 6.22. The Balaban J connectivity index is 1.53. The zero-order chi connectivity index (χ0) is 17.6. The number of aromatic nitrogens is 1. The molecule has 0 bridgehead atoms. The number of amides is 2. The first kappa shape index (κ1) is 17.1. The van der Waals surface area contributed by atoms with Crippen molar-refractivity contribution in [2.24, 2.45) is 0 Å². The third kappa shape index (κ3) is 4.42. The van der Waals surface area contributed by atoms with E-state index in [0.29, 0.717) is 26.2 Å². The van der Waals surface area contributed by atoms with Crippen LogP contribution in [0.4, 0.5) is 5.69 Å². The molecule has 0 spiro atoms. The van der Waals surface area contributed by atoms with Crippen molar-refractivity contribution >= 4 is 17.5 Å². The molecule has 1 fully saturated rings. The average Bonchev–Trinajstić information content (AvgIpc) is 2.63. The Hall–Kier alpha value is -2.73. The van der Waals surface area contributed by atoms with Gasteiger partial charge in [0.25, 0.3) is 0 Å². The Morgan fingerprint density at radius 3 is 2.52 bits per heavy atom. The SMILES string of the molecule is CN(CC(=O)N1CCN(c2ccccc2)C(=O)C1)Cc1ccncc1. The van der Waals surface area contributed by atoms with Gasteiger partial charge in [-0.25, -0.2) is 0 Å². The Labute approximate surface area is 147 Å². The highest BCUT2D eigenvalue weighted by atomic mass is 16.2. The maximum atomic E-state index is 12.5. The Bertz CT molecular complexity index is 721. The first-order chi connectivity index (χ1) is 12.1. The molecule has 0 radical (unpaired) electrons. The van der Waals surface area contributed by atoms with Crippen LogP contribution in [0.15, 0.2) is 54.9 Å². The Morgan fingerprint density at radius 1 is 1.12 bits per heavy atom. The molecule has 2 aromatic rings. The zero-order valence-corrected chi connectivity index (χ0v) is 14.3. The number of hydrogen-bond acceptors (Lipinski definition) is 4. The molecule has 1 aromatic carbocycles. The molecule has 2 heterocycles. The minimum atomic E-state index is -0.0393. The largest absolute Gasteiger partial charge is 0.330 e. The summed E-state index contributed by atoms with van der Waals surface area (Å²) in [4.78, 5) is 34.2. The summed E-state index contributed by atoms with van der Waals surface area (Å²) >= 11 is 0. The second-order valence-electron chi connectivity index (χ2n) is 6.22. The molecule has 6 nitrogen and oxygen atoms in total. The van der Waals surface area contributed by atoms with Crippen molar-refractivity contribution in [3.05, 3.63) is 60.4 Å².